The number of phenolic OH excluding ortho intramolecular Hbond substituents is 1. The molecular formula is C25H26O5. The molecule has 2 aliphatic rings. The highest BCUT2D eigenvalue weighted by Crippen LogP contribution is 2.40. The average Bonchev–Trinajstić information content (AvgIpc) is 2.67. The van der Waals surface area contributed by atoms with E-state index in [2.05, 4.69) is 0 Å². The van der Waals surface area contributed by atoms with Crippen LogP contribution in [0.5, 0.6) is 17.2 Å². The van der Waals surface area contributed by atoms with Crippen molar-refractivity contribution in [2.24, 2.45) is 0 Å². The van der Waals surface area contributed by atoms with Crippen LogP contribution in [0.25, 0.3) is 12.2 Å². The summed E-state index contributed by atoms with van der Waals surface area (Å²) in [6.45, 7) is 7.57. The molecule has 0 unspecified atom stereocenters. The van der Waals surface area contributed by atoms with Crippen molar-refractivity contribution in [3.05, 3.63) is 64.7 Å². The van der Waals surface area contributed by atoms with Gasteiger partial charge in [0.2, 0.25) is 0 Å². The smallest absolute Gasteiger partial charge is 0.189 e. The van der Waals surface area contributed by atoms with E-state index in [4.69, 9.17) is 9.47 Å². The molecule has 156 valence electrons. The summed E-state index contributed by atoms with van der Waals surface area (Å²) in [6.07, 6.45) is 6.62. The van der Waals surface area contributed by atoms with Gasteiger partial charge in [0.05, 0.1) is 11.7 Å². The van der Waals surface area contributed by atoms with Crippen molar-refractivity contribution in [2.45, 2.75) is 51.4 Å². The lowest BCUT2D eigenvalue weighted by Gasteiger charge is -2.37. The monoisotopic (exact) mass is 406 g/mol. The van der Waals surface area contributed by atoms with Gasteiger partial charge >= 0.3 is 0 Å². The Balaban J connectivity index is 1.57. The van der Waals surface area contributed by atoms with Crippen LogP contribution >= 0.6 is 0 Å². The third-order valence-corrected chi connectivity index (χ3v) is 5.58. The van der Waals surface area contributed by atoms with Crippen LogP contribution in [0.1, 0.15) is 54.7 Å². The Morgan fingerprint density at radius 3 is 2.60 bits per heavy atom. The Kier molecular flexibility index (Phi) is 4.74. The van der Waals surface area contributed by atoms with Crippen LogP contribution in [0, 0.1) is 0 Å². The van der Waals surface area contributed by atoms with Gasteiger partial charge in [-0.05, 0) is 69.7 Å². The predicted octanol–water partition coefficient (Wildman–Crippen LogP) is 4.55. The molecule has 0 fully saturated rings. The van der Waals surface area contributed by atoms with Gasteiger partial charge in [-0.1, -0.05) is 18.2 Å². The molecule has 5 nitrogen and oxygen atoms in total. The molecule has 30 heavy (non-hydrogen) atoms. The number of benzene rings is 2. The Labute approximate surface area is 176 Å². The molecule has 0 amide bonds. The fourth-order valence-corrected chi connectivity index (χ4v) is 3.66. The van der Waals surface area contributed by atoms with Crippen molar-refractivity contribution >= 4 is 17.9 Å². The van der Waals surface area contributed by atoms with Crippen molar-refractivity contribution in [2.75, 3.05) is 0 Å². The Morgan fingerprint density at radius 2 is 1.83 bits per heavy atom. The second-order valence-electron chi connectivity index (χ2n) is 8.90. The summed E-state index contributed by atoms with van der Waals surface area (Å²) in [6, 6.07) is 8.95. The molecule has 0 spiro atoms. The zero-order valence-electron chi connectivity index (χ0n) is 17.6. The highest BCUT2D eigenvalue weighted by atomic mass is 16.5. The van der Waals surface area contributed by atoms with Gasteiger partial charge in [-0.25, -0.2) is 0 Å². The number of ether oxygens (including phenoxy) is 2. The zero-order valence-corrected chi connectivity index (χ0v) is 17.6. The van der Waals surface area contributed by atoms with E-state index >= 15 is 0 Å². The molecule has 2 N–H and O–H groups in total. The number of allylic oxidation sites excluding steroid dienone is 1. The second-order valence-corrected chi connectivity index (χ2v) is 8.90. The van der Waals surface area contributed by atoms with E-state index in [1.807, 2.05) is 44.2 Å². The average molecular weight is 406 g/mol. The number of aliphatic hydroxyl groups is 1. The predicted molar refractivity (Wildman–Crippen MR) is 116 cm³/mol. The summed E-state index contributed by atoms with van der Waals surface area (Å²) >= 11 is 0. The minimum absolute atomic E-state index is 0.138. The summed E-state index contributed by atoms with van der Waals surface area (Å²) in [5.74, 6) is 0.841. The molecule has 4 rings (SSSR count). The molecular weight excluding hydrogens is 380 g/mol. The summed E-state index contributed by atoms with van der Waals surface area (Å²) < 4.78 is 11.7. The number of carbonyl (C=O) groups is 1. The van der Waals surface area contributed by atoms with E-state index in [-0.39, 0.29) is 29.1 Å². The number of aromatic hydroxyl groups is 1. The lowest BCUT2D eigenvalue weighted by atomic mass is 9.89. The maximum atomic E-state index is 12.7. The fraction of sp³-hybridized carbons (Fsp3) is 0.320. The largest absolute Gasteiger partial charge is 0.507 e. The molecule has 2 aromatic rings. The van der Waals surface area contributed by atoms with Crippen LogP contribution in [-0.2, 0) is 6.42 Å². The normalized spacial score (nSPS) is 20.8. The zero-order chi connectivity index (χ0) is 21.7. The molecule has 1 atom stereocenters. The highest BCUT2D eigenvalue weighted by Gasteiger charge is 2.37. The van der Waals surface area contributed by atoms with Crippen LogP contribution in [0.2, 0.25) is 0 Å². The van der Waals surface area contributed by atoms with Crippen LogP contribution in [0.15, 0.2) is 42.5 Å². The molecule has 5 heteroatoms. The molecule has 0 aliphatic carbocycles. The van der Waals surface area contributed by atoms with Gasteiger partial charge in [-0.3, -0.25) is 4.79 Å². The quantitative estimate of drug-likeness (QED) is 0.578. The summed E-state index contributed by atoms with van der Waals surface area (Å²) in [7, 11) is 0. The topological polar surface area (TPSA) is 76.0 Å². The van der Waals surface area contributed by atoms with E-state index in [1.54, 1.807) is 32.1 Å². The first-order valence-corrected chi connectivity index (χ1v) is 10.0. The van der Waals surface area contributed by atoms with E-state index in [9.17, 15) is 15.0 Å². The molecule has 2 aliphatic heterocycles. The molecule has 2 aromatic carbocycles. The first kappa shape index (κ1) is 20.2. The molecule has 2 heterocycles. The number of ketones is 1. The number of aliphatic hydroxyl groups excluding tert-OH is 1. The van der Waals surface area contributed by atoms with Gasteiger partial charge in [0.1, 0.15) is 28.5 Å². The van der Waals surface area contributed by atoms with Crippen molar-refractivity contribution in [1.82, 2.24) is 0 Å². The van der Waals surface area contributed by atoms with Gasteiger partial charge in [-0.15, -0.1) is 0 Å². The second kappa shape index (κ2) is 7.03. The van der Waals surface area contributed by atoms with Crippen molar-refractivity contribution in [3.8, 4) is 17.2 Å². The summed E-state index contributed by atoms with van der Waals surface area (Å²) in [4.78, 5) is 12.7. The fourth-order valence-electron chi connectivity index (χ4n) is 3.66. The van der Waals surface area contributed by atoms with Gasteiger partial charge < -0.3 is 19.7 Å². The third-order valence-electron chi connectivity index (χ3n) is 5.58. The van der Waals surface area contributed by atoms with Crippen LogP contribution in [-0.4, -0.2) is 33.3 Å². The highest BCUT2D eigenvalue weighted by molar-refractivity contribution is 6.09. The molecule has 0 aromatic heterocycles. The molecule has 0 bridgehead atoms. The van der Waals surface area contributed by atoms with Gasteiger partial charge in [0.25, 0.3) is 0 Å². The molecule has 0 saturated carbocycles. The Hall–Kier alpha value is -3.05. The number of phenols is 1. The summed E-state index contributed by atoms with van der Waals surface area (Å²) in [5, 5.41) is 20.9. The molecule has 0 radical (unpaired) electrons. The van der Waals surface area contributed by atoms with Gasteiger partial charge in [0.15, 0.2) is 5.78 Å². The van der Waals surface area contributed by atoms with Crippen LogP contribution < -0.4 is 9.47 Å². The first-order chi connectivity index (χ1) is 14.1. The maximum absolute atomic E-state index is 12.7. The van der Waals surface area contributed by atoms with Crippen molar-refractivity contribution in [3.63, 3.8) is 0 Å². The lowest BCUT2D eigenvalue weighted by molar-refractivity contribution is -0.0417. The lowest BCUT2D eigenvalue weighted by Crippen LogP contribution is -2.46. The minimum atomic E-state index is -0.771. The van der Waals surface area contributed by atoms with E-state index in [0.717, 1.165) is 16.9 Å². The SMILES string of the molecule is CC1(C)C=Cc2cc(/C=C/C(=O)c3ccc4c(c3O)C[C@@H](O)C(C)(C)O4)ccc2O1. The number of hydrogen-bond acceptors (Lipinski definition) is 5. The first-order valence-electron chi connectivity index (χ1n) is 10.0. The summed E-state index contributed by atoms with van der Waals surface area (Å²) in [5.41, 5.74) is 1.37. The minimum Gasteiger partial charge on any atom is -0.507 e. The number of fused-ring (bicyclic) bond motifs is 2. The third kappa shape index (κ3) is 3.73. The Morgan fingerprint density at radius 1 is 1.10 bits per heavy atom. The van der Waals surface area contributed by atoms with Crippen molar-refractivity contribution in [1.29, 1.82) is 0 Å². The maximum Gasteiger partial charge on any atom is 0.189 e. The van der Waals surface area contributed by atoms with Gasteiger partial charge in [-0.2, -0.15) is 0 Å². The van der Waals surface area contributed by atoms with E-state index in [1.165, 1.54) is 6.08 Å². The van der Waals surface area contributed by atoms with Crippen LogP contribution in [0.4, 0.5) is 0 Å². The van der Waals surface area contributed by atoms with E-state index in [0.29, 0.717) is 11.3 Å². The standard InChI is InChI=1S/C25H26O5/c1-24(2)12-11-16-13-15(6-9-20(16)29-24)5-8-19(26)17-7-10-21-18(23(17)28)14-22(27)25(3,4)30-21/h5-13,22,27-28H,14H2,1-4H3/b8-5+/t22-/m1/s1. The van der Waals surface area contributed by atoms with Crippen molar-refractivity contribution < 1.29 is 24.5 Å². The number of rotatable bonds is 3. The molecule has 0 saturated heterocycles. The Bertz CT molecular complexity index is 1080. The van der Waals surface area contributed by atoms with Crippen LogP contribution in [0.3, 0.4) is 0 Å². The van der Waals surface area contributed by atoms with E-state index < -0.39 is 11.7 Å². The number of hydrogen-bond donors (Lipinski definition) is 2. The number of carbonyl (C=O) groups excluding carboxylic acids is 1. The van der Waals surface area contributed by atoms with Gasteiger partial charge in [0, 0.05) is 17.5 Å².